The molecule has 8 atom stereocenters. The summed E-state index contributed by atoms with van der Waals surface area (Å²) >= 11 is 0. The number of hydrogen-bond donors (Lipinski definition) is 2. The molecule has 4 fully saturated rings. The van der Waals surface area contributed by atoms with Gasteiger partial charge in [-0.25, -0.2) is 0 Å². The number of hydrogen-bond acceptors (Lipinski definition) is 2. The predicted molar refractivity (Wildman–Crippen MR) is 120 cm³/mol. The molecule has 2 heteroatoms. The van der Waals surface area contributed by atoms with E-state index in [1.54, 1.807) is 0 Å². The third-order valence-electron chi connectivity index (χ3n) is 9.42. The van der Waals surface area contributed by atoms with Crippen LogP contribution in [0.2, 0.25) is 0 Å². The van der Waals surface area contributed by atoms with Crippen molar-refractivity contribution in [2.75, 3.05) is 6.61 Å². The van der Waals surface area contributed by atoms with Crippen LogP contribution in [0.15, 0.2) is 0 Å². The molecule has 2 N–H and O–H groups in total. The maximum Gasteiger partial charge on any atom is 0.0581 e. The number of aliphatic hydroxyl groups is 2. The third kappa shape index (κ3) is 4.07. The zero-order valence-corrected chi connectivity index (χ0v) is 19.8. The highest BCUT2D eigenvalue weighted by Crippen LogP contribution is 2.67. The molecule has 0 radical (unpaired) electrons. The summed E-state index contributed by atoms with van der Waals surface area (Å²) in [5.41, 5.74) is 0.735. The van der Waals surface area contributed by atoms with Crippen molar-refractivity contribution in [1.82, 2.24) is 0 Å². The summed E-state index contributed by atoms with van der Waals surface area (Å²) in [6.45, 7) is 13.4. The summed E-state index contributed by atoms with van der Waals surface area (Å²) in [5, 5.41) is 20.6. The monoisotopic (exact) mass is 394 g/mol. The Morgan fingerprint density at radius 3 is 2.25 bits per heavy atom. The van der Waals surface area contributed by atoms with Gasteiger partial charge in [0.2, 0.25) is 0 Å². The van der Waals surface area contributed by atoms with E-state index in [0.29, 0.717) is 23.4 Å². The van der Waals surface area contributed by atoms with Crippen molar-refractivity contribution in [2.45, 2.75) is 118 Å². The summed E-state index contributed by atoms with van der Waals surface area (Å²) < 4.78 is 0. The molecule has 166 valence electrons. The molecule has 8 unspecified atom stereocenters. The highest BCUT2D eigenvalue weighted by atomic mass is 16.3. The van der Waals surface area contributed by atoms with Crippen molar-refractivity contribution in [3.05, 3.63) is 0 Å². The highest BCUT2D eigenvalue weighted by Gasteiger charge is 2.62. The minimum absolute atomic E-state index is 0.0862. The molecule has 0 amide bonds. The SMILES string of the molecule is CC.CC.CC12CC(O)C3C(CCC4CCCCC43C)C1CCC2CCCO. The van der Waals surface area contributed by atoms with Gasteiger partial charge in [-0.15, -0.1) is 0 Å². The average molecular weight is 395 g/mol. The van der Waals surface area contributed by atoms with Gasteiger partial charge < -0.3 is 10.2 Å². The molecule has 0 aromatic heterocycles. The molecule has 0 aliphatic heterocycles. The molecular weight excluding hydrogens is 344 g/mol. The smallest absolute Gasteiger partial charge is 0.0581 e. The van der Waals surface area contributed by atoms with Crippen molar-refractivity contribution in [2.24, 2.45) is 40.4 Å². The van der Waals surface area contributed by atoms with Crippen LogP contribution >= 0.6 is 0 Å². The van der Waals surface area contributed by atoms with E-state index in [9.17, 15) is 10.2 Å². The molecule has 0 bridgehead atoms. The molecule has 0 aromatic rings. The summed E-state index contributed by atoms with van der Waals surface area (Å²) in [6.07, 6.45) is 14.1. The number of fused-ring (bicyclic) bond motifs is 5. The Balaban J connectivity index is 0.000000660. The van der Waals surface area contributed by atoms with Crippen LogP contribution in [-0.4, -0.2) is 22.9 Å². The first-order chi connectivity index (χ1) is 13.5. The lowest BCUT2D eigenvalue weighted by Gasteiger charge is -2.62. The summed E-state index contributed by atoms with van der Waals surface area (Å²) in [5.74, 6) is 3.75. The van der Waals surface area contributed by atoms with Crippen molar-refractivity contribution < 1.29 is 10.2 Å². The molecule has 28 heavy (non-hydrogen) atoms. The van der Waals surface area contributed by atoms with Gasteiger partial charge in [-0.3, -0.25) is 0 Å². The predicted octanol–water partition coefficient (Wildman–Crippen LogP) is 6.83. The van der Waals surface area contributed by atoms with E-state index in [4.69, 9.17) is 0 Å². The zero-order chi connectivity index (χ0) is 20.9. The molecule has 4 aliphatic rings. The number of aliphatic hydroxyl groups excluding tert-OH is 2. The van der Waals surface area contributed by atoms with Gasteiger partial charge in [0.1, 0.15) is 0 Å². The van der Waals surface area contributed by atoms with Gasteiger partial charge >= 0.3 is 0 Å². The molecule has 0 aromatic carbocycles. The maximum absolute atomic E-state index is 11.3. The van der Waals surface area contributed by atoms with E-state index in [1.807, 2.05) is 27.7 Å². The first-order valence-electron chi connectivity index (χ1n) is 12.8. The molecule has 4 rings (SSSR count). The van der Waals surface area contributed by atoms with E-state index in [2.05, 4.69) is 13.8 Å². The Morgan fingerprint density at radius 2 is 1.57 bits per heavy atom. The first kappa shape index (κ1) is 24.2. The fourth-order valence-corrected chi connectivity index (χ4v) is 8.34. The maximum atomic E-state index is 11.3. The molecule has 2 nitrogen and oxygen atoms in total. The molecular formula is C26H50O2. The second-order valence-corrected chi connectivity index (χ2v) is 10.2. The second-order valence-electron chi connectivity index (χ2n) is 10.2. The third-order valence-corrected chi connectivity index (χ3v) is 9.42. The van der Waals surface area contributed by atoms with Crippen LogP contribution < -0.4 is 0 Å². The minimum Gasteiger partial charge on any atom is -0.396 e. The van der Waals surface area contributed by atoms with Crippen LogP contribution in [0, 0.1) is 40.4 Å². The van der Waals surface area contributed by atoms with Gasteiger partial charge in [0.15, 0.2) is 0 Å². The Hall–Kier alpha value is -0.0800. The van der Waals surface area contributed by atoms with Gasteiger partial charge in [0.25, 0.3) is 0 Å². The summed E-state index contributed by atoms with van der Waals surface area (Å²) in [4.78, 5) is 0. The van der Waals surface area contributed by atoms with Crippen molar-refractivity contribution in [1.29, 1.82) is 0 Å². The fraction of sp³-hybridized carbons (Fsp3) is 1.00. The van der Waals surface area contributed by atoms with Gasteiger partial charge in [-0.2, -0.15) is 0 Å². The zero-order valence-electron chi connectivity index (χ0n) is 19.8. The van der Waals surface area contributed by atoms with Crippen molar-refractivity contribution >= 4 is 0 Å². The fourth-order valence-electron chi connectivity index (χ4n) is 8.34. The van der Waals surface area contributed by atoms with E-state index in [0.717, 1.165) is 42.9 Å². The average Bonchev–Trinajstić information content (AvgIpc) is 3.04. The van der Waals surface area contributed by atoms with Crippen LogP contribution in [0.5, 0.6) is 0 Å². The molecule has 4 saturated carbocycles. The van der Waals surface area contributed by atoms with Crippen LogP contribution in [-0.2, 0) is 0 Å². The normalized spacial score (nSPS) is 46.7. The topological polar surface area (TPSA) is 40.5 Å². The van der Waals surface area contributed by atoms with Crippen LogP contribution in [0.1, 0.15) is 112 Å². The van der Waals surface area contributed by atoms with Gasteiger partial charge in [-0.1, -0.05) is 54.4 Å². The van der Waals surface area contributed by atoms with E-state index in [-0.39, 0.29) is 6.10 Å². The molecule has 0 spiro atoms. The van der Waals surface area contributed by atoms with E-state index >= 15 is 0 Å². The Labute approximate surface area is 175 Å². The van der Waals surface area contributed by atoms with Crippen molar-refractivity contribution in [3.63, 3.8) is 0 Å². The standard InChI is InChI=1S/C22H38O2.2C2H6/c1-21-12-4-3-6-15(21)8-10-17-18-11-9-16(7-5-13-23)22(18,2)14-19(24)20(17)21;2*1-2/h15-20,23-24H,3-14H2,1-2H3;2*1-2H3. The molecule has 0 heterocycles. The summed E-state index contributed by atoms with van der Waals surface area (Å²) in [7, 11) is 0. The van der Waals surface area contributed by atoms with E-state index in [1.165, 1.54) is 51.4 Å². The number of rotatable bonds is 3. The minimum atomic E-state index is -0.0862. The Kier molecular flexibility index (Phi) is 8.89. The van der Waals surface area contributed by atoms with Gasteiger partial charge in [0.05, 0.1) is 6.10 Å². The quantitative estimate of drug-likeness (QED) is 0.550. The van der Waals surface area contributed by atoms with Crippen molar-refractivity contribution in [3.8, 4) is 0 Å². The lowest BCUT2D eigenvalue weighted by atomic mass is 9.44. The highest BCUT2D eigenvalue weighted by molar-refractivity contribution is 5.11. The Bertz CT molecular complexity index is 463. The van der Waals surface area contributed by atoms with Crippen LogP contribution in [0.3, 0.4) is 0 Å². The summed E-state index contributed by atoms with van der Waals surface area (Å²) in [6, 6.07) is 0. The lowest BCUT2D eigenvalue weighted by molar-refractivity contribution is -0.169. The van der Waals surface area contributed by atoms with Gasteiger partial charge in [-0.05, 0) is 98.2 Å². The lowest BCUT2D eigenvalue weighted by Crippen LogP contribution is -2.58. The van der Waals surface area contributed by atoms with Crippen LogP contribution in [0.4, 0.5) is 0 Å². The molecule has 4 aliphatic carbocycles. The largest absolute Gasteiger partial charge is 0.396 e. The van der Waals surface area contributed by atoms with Crippen LogP contribution in [0.25, 0.3) is 0 Å². The second kappa shape index (κ2) is 10.3. The van der Waals surface area contributed by atoms with Gasteiger partial charge in [0, 0.05) is 6.61 Å². The first-order valence-corrected chi connectivity index (χ1v) is 12.8. The molecule has 0 saturated heterocycles. The van der Waals surface area contributed by atoms with E-state index < -0.39 is 0 Å². The Morgan fingerprint density at radius 1 is 0.857 bits per heavy atom.